The molecule has 0 amide bonds. The lowest BCUT2D eigenvalue weighted by Gasteiger charge is -2.34. The van der Waals surface area contributed by atoms with Crippen LogP contribution in [0.2, 0.25) is 0 Å². The van der Waals surface area contributed by atoms with Crippen LogP contribution < -0.4 is 0 Å². The largest absolute Gasteiger partial charge is 0.387 e. The summed E-state index contributed by atoms with van der Waals surface area (Å²) in [6, 6.07) is 0. The summed E-state index contributed by atoms with van der Waals surface area (Å²) in [5.41, 5.74) is 0.963. The lowest BCUT2D eigenvalue weighted by atomic mass is 9.74. The molecule has 0 saturated heterocycles. The summed E-state index contributed by atoms with van der Waals surface area (Å²) in [6.45, 7) is 2.24. The molecule has 0 aliphatic heterocycles. The molecule has 3 atom stereocenters. The van der Waals surface area contributed by atoms with Crippen molar-refractivity contribution < 1.29 is 5.11 Å². The fraction of sp³-hybridized carbons (Fsp3) is 0.769. The van der Waals surface area contributed by atoms with Crippen molar-refractivity contribution in [2.45, 2.75) is 45.1 Å². The van der Waals surface area contributed by atoms with Gasteiger partial charge in [0.1, 0.15) is 0 Å². The molecular formula is C13H22N2O. The Kier molecular flexibility index (Phi) is 3.64. The highest BCUT2D eigenvalue weighted by molar-refractivity contribution is 5.04. The van der Waals surface area contributed by atoms with Gasteiger partial charge >= 0.3 is 0 Å². The Bertz CT molecular complexity index is 334. The van der Waals surface area contributed by atoms with E-state index in [1.165, 1.54) is 25.7 Å². The Morgan fingerprint density at radius 3 is 2.88 bits per heavy atom. The minimum atomic E-state index is -0.335. The third-order valence-electron chi connectivity index (χ3n) is 4.05. The molecular weight excluding hydrogens is 200 g/mol. The molecule has 2 rings (SSSR count). The first-order valence-electron chi connectivity index (χ1n) is 6.38. The number of aromatic nitrogens is 2. The molecule has 1 fully saturated rings. The second kappa shape index (κ2) is 5.00. The highest BCUT2D eigenvalue weighted by Crippen LogP contribution is 2.39. The molecule has 90 valence electrons. The van der Waals surface area contributed by atoms with Crippen molar-refractivity contribution in [2.24, 2.45) is 18.9 Å². The highest BCUT2D eigenvalue weighted by Gasteiger charge is 2.31. The maximum absolute atomic E-state index is 10.5. The average Bonchev–Trinajstić information content (AvgIpc) is 2.74. The molecule has 1 heterocycles. The van der Waals surface area contributed by atoms with Gasteiger partial charge in [0.05, 0.1) is 24.3 Å². The van der Waals surface area contributed by atoms with Gasteiger partial charge in [-0.25, -0.2) is 4.98 Å². The summed E-state index contributed by atoms with van der Waals surface area (Å²) in [7, 11) is 1.95. The summed E-state index contributed by atoms with van der Waals surface area (Å²) in [6.07, 6.45) is 9.43. The number of imidazole rings is 1. The van der Waals surface area contributed by atoms with Crippen LogP contribution >= 0.6 is 0 Å². The molecule has 1 aliphatic rings. The molecule has 0 radical (unpaired) electrons. The van der Waals surface area contributed by atoms with E-state index in [2.05, 4.69) is 11.9 Å². The van der Waals surface area contributed by atoms with Crippen LogP contribution in [-0.2, 0) is 7.05 Å². The molecule has 0 spiro atoms. The molecule has 3 heteroatoms. The van der Waals surface area contributed by atoms with Crippen molar-refractivity contribution in [3.05, 3.63) is 18.2 Å². The molecule has 1 aliphatic carbocycles. The van der Waals surface area contributed by atoms with Gasteiger partial charge in [0, 0.05) is 7.05 Å². The van der Waals surface area contributed by atoms with Crippen molar-refractivity contribution in [1.82, 2.24) is 9.55 Å². The van der Waals surface area contributed by atoms with Crippen LogP contribution in [0, 0.1) is 11.8 Å². The van der Waals surface area contributed by atoms with E-state index in [1.807, 2.05) is 11.6 Å². The first kappa shape index (κ1) is 11.6. The fourth-order valence-electron chi connectivity index (χ4n) is 3.03. The second-order valence-electron chi connectivity index (χ2n) is 4.99. The van der Waals surface area contributed by atoms with E-state index in [0.717, 1.165) is 12.1 Å². The molecule has 1 aromatic rings. The quantitative estimate of drug-likeness (QED) is 0.853. The third kappa shape index (κ3) is 2.14. The van der Waals surface area contributed by atoms with Gasteiger partial charge in [0.25, 0.3) is 0 Å². The molecule has 3 nitrogen and oxygen atoms in total. The smallest absolute Gasteiger partial charge is 0.0986 e. The molecule has 1 aromatic heterocycles. The summed E-state index contributed by atoms with van der Waals surface area (Å²) in [5, 5.41) is 10.5. The number of aliphatic hydroxyl groups is 1. The molecule has 1 N–H and O–H groups in total. The molecule has 0 aromatic carbocycles. The summed E-state index contributed by atoms with van der Waals surface area (Å²) < 4.78 is 1.94. The Morgan fingerprint density at radius 2 is 2.25 bits per heavy atom. The number of aryl methyl sites for hydroxylation is 1. The van der Waals surface area contributed by atoms with Gasteiger partial charge in [-0.3, -0.25) is 0 Å². The predicted molar refractivity (Wildman–Crippen MR) is 63.9 cm³/mol. The summed E-state index contributed by atoms with van der Waals surface area (Å²) in [5.74, 6) is 1.10. The zero-order valence-corrected chi connectivity index (χ0v) is 10.3. The lowest BCUT2D eigenvalue weighted by molar-refractivity contribution is 0.0402. The minimum Gasteiger partial charge on any atom is -0.387 e. The minimum absolute atomic E-state index is 0.335. The van der Waals surface area contributed by atoms with Gasteiger partial charge in [0.15, 0.2) is 0 Å². The molecule has 1 saturated carbocycles. The van der Waals surface area contributed by atoms with Crippen LogP contribution in [0.5, 0.6) is 0 Å². The van der Waals surface area contributed by atoms with E-state index in [-0.39, 0.29) is 6.10 Å². The zero-order chi connectivity index (χ0) is 11.5. The number of hydrogen-bond donors (Lipinski definition) is 1. The first-order valence-corrected chi connectivity index (χ1v) is 6.38. The monoisotopic (exact) mass is 222 g/mol. The van der Waals surface area contributed by atoms with Crippen LogP contribution in [0.15, 0.2) is 12.5 Å². The number of rotatable bonds is 3. The van der Waals surface area contributed by atoms with E-state index in [4.69, 9.17) is 0 Å². The second-order valence-corrected chi connectivity index (χ2v) is 4.99. The zero-order valence-electron chi connectivity index (χ0n) is 10.3. The average molecular weight is 222 g/mol. The van der Waals surface area contributed by atoms with Crippen LogP contribution in [0.3, 0.4) is 0 Å². The van der Waals surface area contributed by atoms with Gasteiger partial charge < -0.3 is 9.67 Å². The van der Waals surface area contributed by atoms with E-state index in [9.17, 15) is 5.11 Å². The first-order chi connectivity index (χ1) is 7.74. The normalized spacial score (nSPS) is 27.9. The van der Waals surface area contributed by atoms with Gasteiger partial charge in [0.2, 0.25) is 0 Å². The van der Waals surface area contributed by atoms with Gasteiger partial charge in [-0.15, -0.1) is 0 Å². The highest BCUT2D eigenvalue weighted by atomic mass is 16.3. The van der Waals surface area contributed by atoms with Crippen molar-refractivity contribution >= 4 is 0 Å². The number of aliphatic hydroxyl groups excluding tert-OH is 1. The molecule has 3 unspecified atom stereocenters. The van der Waals surface area contributed by atoms with Crippen molar-refractivity contribution in [2.75, 3.05) is 0 Å². The number of hydrogen-bond acceptors (Lipinski definition) is 2. The van der Waals surface area contributed by atoms with Crippen LogP contribution in [0.1, 0.15) is 50.8 Å². The SMILES string of the molecule is CCC1CCCCC1C(O)c1cncn1C. The number of nitrogens with zero attached hydrogens (tertiary/aromatic N) is 2. The van der Waals surface area contributed by atoms with Crippen LogP contribution in [0.4, 0.5) is 0 Å². The van der Waals surface area contributed by atoms with Crippen molar-refractivity contribution in [3.8, 4) is 0 Å². The van der Waals surface area contributed by atoms with E-state index < -0.39 is 0 Å². The van der Waals surface area contributed by atoms with Crippen LogP contribution in [0.25, 0.3) is 0 Å². The molecule has 0 bridgehead atoms. The lowest BCUT2D eigenvalue weighted by Crippen LogP contribution is -2.26. The fourth-order valence-corrected chi connectivity index (χ4v) is 3.03. The Hall–Kier alpha value is -0.830. The maximum atomic E-state index is 10.5. The van der Waals surface area contributed by atoms with Gasteiger partial charge in [-0.05, 0) is 18.3 Å². The summed E-state index contributed by atoms with van der Waals surface area (Å²) in [4.78, 5) is 4.09. The van der Waals surface area contributed by atoms with E-state index >= 15 is 0 Å². The molecule has 16 heavy (non-hydrogen) atoms. The summed E-state index contributed by atoms with van der Waals surface area (Å²) >= 11 is 0. The van der Waals surface area contributed by atoms with Gasteiger partial charge in [-0.2, -0.15) is 0 Å². The van der Waals surface area contributed by atoms with Crippen molar-refractivity contribution in [1.29, 1.82) is 0 Å². The van der Waals surface area contributed by atoms with E-state index in [1.54, 1.807) is 12.5 Å². The topological polar surface area (TPSA) is 38.1 Å². The van der Waals surface area contributed by atoms with Crippen LogP contribution in [-0.4, -0.2) is 14.7 Å². The third-order valence-corrected chi connectivity index (χ3v) is 4.05. The Morgan fingerprint density at radius 1 is 1.50 bits per heavy atom. The van der Waals surface area contributed by atoms with Gasteiger partial charge in [-0.1, -0.05) is 32.6 Å². The standard InChI is InChI=1S/C13H22N2O/c1-3-10-6-4-5-7-11(10)13(16)12-8-14-9-15(12)2/h8-11,13,16H,3-7H2,1-2H3. The van der Waals surface area contributed by atoms with Crippen molar-refractivity contribution in [3.63, 3.8) is 0 Å². The Balaban J connectivity index is 2.13. The van der Waals surface area contributed by atoms with E-state index in [0.29, 0.717) is 11.8 Å². The predicted octanol–water partition coefficient (Wildman–Crippen LogP) is 2.67. The maximum Gasteiger partial charge on any atom is 0.0986 e. The Labute approximate surface area is 97.5 Å².